The van der Waals surface area contributed by atoms with Crippen molar-refractivity contribution in [3.8, 4) is 6.07 Å². The van der Waals surface area contributed by atoms with Gasteiger partial charge in [-0.05, 0) is 18.4 Å². The van der Waals surface area contributed by atoms with Crippen LogP contribution in [0.15, 0.2) is 30.3 Å². The Bertz CT molecular complexity index is 628. The molecule has 1 heterocycles. The van der Waals surface area contributed by atoms with Crippen molar-refractivity contribution < 1.29 is 9.59 Å². The summed E-state index contributed by atoms with van der Waals surface area (Å²) in [5.74, 6) is -0.329. The Morgan fingerprint density at radius 2 is 2.00 bits per heavy atom. The molecule has 128 valence electrons. The first-order chi connectivity index (χ1) is 11.3. The maximum Gasteiger partial charge on any atom is 0.246 e. The molecule has 5 heteroatoms. The van der Waals surface area contributed by atoms with Crippen LogP contribution < -0.4 is 5.32 Å². The molecule has 2 amide bonds. The summed E-state index contributed by atoms with van der Waals surface area (Å²) in [7, 11) is 0. The van der Waals surface area contributed by atoms with E-state index in [1.54, 1.807) is 4.90 Å². The molecular formula is C19H25N3O2. The summed E-state index contributed by atoms with van der Waals surface area (Å²) in [4.78, 5) is 26.9. The molecule has 1 saturated heterocycles. The van der Waals surface area contributed by atoms with Gasteiger partial charge in [-0.1, -0.05) is 51.1 Å². The molecule has 1 aliphatic rings. The quantitative estimate of drug-likeness (QED) is 0.922. The highest BCUT2D eigenvalue weighted by Gasteiger charge is 2.35. The van der Waals surface area contributed by atoms with Crippen molar-refractivity contribution in [3.63, 3.8) is 0 Å². The van der Waals surface area contributed by atoms with Crippen LogP contribution in [0.2, 0.25) is 0 Å². The van der Waals surface area contributed by atoms with Crippen molar-refractivity contribution in [1.82, 2.24) is 10.2 Å². The first kappa shape index (κ1) is 18.0. The van der Waals surface area contributed by atoms with Crippen LogP contribution in [0.3, 0.4) is 0 Å². The van der Waals surface area contributed by atoms with Crippen LogP contribution >= 0.6 is 0 Å². The molecule has 0 aromatic heterocycles. The number of hydrogen-bond acceptors (Lipinski definition) is 3. The van der Waals surface area contributed by atoms with Crippen LogP contribution in [0.1, 0.15) is 39.2 Å². The van der Waals surface area contributed by atoms with Crippen molar-refractivity contribution >= 4 is 11.8 Å². The van der Waals surface area contributed by atoms with Gasteiger partial charge in [0.05, 0.1) is 6.07 Å². The summed E-state index contributed by atoms with van der Waals surface area (Å²) in [6.07, 6.45) is 1.96. The van der Waals surface area contributed by atoms with Crippen molar-refractivity contribution in [2.24, 2.45) is 5.41 Å². The number of rotatable bonds is 4. The van der Waals surface area contributed by atoms with E-state index in [9.17, 15) is 14.9 Å². The normalized spacial score (nSPS) is 18.8. The molecule has 1 fully saturated rings. The maximum atomic E-state index is 12.9. The summed E-state index contributed by atoms with van der Waals surface area (Å²) >= 11 is 0. The Balaban J connectivity index is 2.20. The number of nitriles is 1. The average Bonchev–Trinajstić information content (AvgIpc) is 3.02. The van der Waals surface area contributed by atoms with Gasteiger partial charge in [-0.3, -0.25) is 9.59 Å². The number of carbonyl (C=O) groups excluding carboxylic acids is 2. The Morgan fingerprint density at radius 3 is 2.58 bits per heavy atom. The van der Waals surface area contributed by atoms with E-state index in [-0.39, 0.29) is 17.9 Å². The minimum absolute atomic E-state index is 0.163. The minimum Gasteiger partial charge on any atom is -0.344 e. The zero-order valence-electron chi connectivity index (χ0n) is 14.6. The lowest BCUT2D eigenvalue weighted by atomic mass is 9.94. The van der Waals surface area contributed by atoms with Crippen LogP contribution in [0.25, 0.3) is 0 Å². The van der Waals surface area contributed by atoms with E-state index >= 15 is 0 Å². The molecule has 24 heavy (non-hydrogen) atoms. The Hall–Kier alpha value is -2.35. The zero-order valence-corrected chi connectivity index (χ0v) is 14.6. The minimum atomic E-state index is -0.645. The van der Waals surface area contributed by atoms with Gasteiger partial charge in [0.25, 0.3) is 0 Å². The number of benzene rings is 1. The van der Waals surface area contributed by atoms with E-state index in [1.807, 2.05) is 51.1 Å². The van der Waals surface area contributed by atoms with E-state index in [2.05, 4.69) is 11.4 Å². The summed E-state index contributed by atoms with van der Waals surface area (Å²) < 4.78 is 0. The molecule has 5 nitrogen and oxygen atoms in total. The highest BCUT2D eigenvalue weighted by atomic mass is 16.2. The van der Waals surface area contributed by atoms with Crippen molar-refractivity contribution in [2.45, 2.75) is 52.1 Å². The van der Waals surface area contributed by atoms with Crippen LogP contribution in [0.4, 0.5) is 0 Å². The second-order valence-corrected chi connectivity index (χ2v) is 7.28. The fourth-order valence-corrected chi connectivity index (χ4v) is 2.79. The Labute approximate surface area is 143 Å². The molecule has 1 aromatic rings. The monoisotopic (exact) mass is 327 g/mol. The van der Waals surface area contributed by atoms with Gasteiger partial charge in [-0.25, -0.2) is 0 Å². The summed E-state index contributed by atoms with van der Waals surface area (Å²) in [5.41, 5.74) is 0.409. The first-order valence-electron chi connectivity index (χ1n) is 8.38. The molecule has 0 aliphatic carbocycles. The van der Waals surface area contributed by atoms with Gasteiger partial charge in [0.1, 0.15) is 12.1 Å². The van der Waals surface area contributed by atoms with Crippen molar-refractivity contribution in [2.75, 3.05) is 6.54 Å². The fraction of sp³-hybridized carbons (Fsp3) is 0.526. The van der Waals surface area contributed by atoms with Crippen molar-refractivity contribution in [1.29, 1.82) is 5.26 Å². The van der Waals surface area contributed by atoms with Gasteiger partial charge in [0.2, 0.25) is 11.8 Å². The largest absolute Gasteiger partial charge is 0.344 e. The number of likely N-dealkylation sites (tertiary alicyclic amines) is 1. The van der Waals surface area contributed by atoms with E-state index < -0.39 is 11.5 Å². The summed E-state index contributed by atoms with van der Waals surface area (Å²) in [6, 6.07) is 10.8. The van der Waals surface area contributed by atoms with Gasteiger partial charge >= 0.3 is 0 Å². The molecule has 2 atom stereocenters. The average molecular weight is 327 g/mol. The predicted molar refractivity (Wildman–Crippen MR) is 91.9 cm³/mol. The lowest BCUT2D eigenvalue weighted by Gasteiger charge is -2.28. The van der Waals surface area contributed by atoms with Gasteiger partial charge in [-0.2, -0.15) is 5.26 Å². The molecule has 0 saturated carbocycles. The Kier molecular flexibility index (Phi) is 5.61. The second kappa shape index (κ2) is 7.48. The first-order valence-corrected chi connectivity index (χ1v) is 8.38. The third-order valence-electron chi connectivity index (χ3n) is 4.25. The lowest BCUT2D eigenvalue weighted by molar-refractivity contribution is -0.138. The molecule has 0 radical (unpaired) electrons. The third kappa shape index (κ3) is 4.35. The number of nitrogens with one attached hydrogen (secondary N) is 1. The molecule has 2 rings (SSSR count). The molecule has 1 N–H and O–H groups in total. The van der Waals surface area contributed by atoms with Gasteiger partial charge < -0.3 is 10.2 Å². The van der Waals surface area contributed by atoms with Crippen LogP contribution in [0.5, 0.6) is 0 Å². The molecule has 1 aliphatic heterocycles. The maximum absolute atomic E-state index is 12.9. The highest BCUT2D eigenvalue weighted by Crippen LogP contribution is 2.20. The van der Waals surface area contributed by atoms with Gasteiger partial charge in [0.15, 0.2) is 0 Å². The number of carbonyl (C=O) groups is 2. The van der Waals surface area contributed by atoms with E-state index in [0.29, 0.717) is 19.4 Å². The summed E-state index contributed by atoms with van der Waals surface area (Å²) in [5, 5.41) is 12.1. The fourth-order valence-electron chi connectivity index (χ4n) is 2.79. The van der Waals surface area contributed by atoms with Crippen LogP contribution in [0, 0.1) is 16.7 Å². The third-order valence-corrected chi connectivity index (χ3v) is 4.25. The molecule has 1 unspecified atom stereocenters. The highest BCUT2D eigenvalue weighted by molar-refractivity contribution is 5.90. The molecule has 0 spiro atoms. The van der Waals surface area contributed by atoms with E-state index in [0.717, 1.165) is 12.0 Å². The number of hydrogen-bond donors (Lipinski definition) is 1. The zero-order chi connectivity index (χ0) is 17.7. The predicted octanol–water partition coefficient (Wildman–Crippen LogP) is 2.27. The van der Waals surface area contributed by atoms with Crippen LogP contribution in [-0.2, 0) is 16.0 Å². The summed E-state index contributed by atoms with van der Waals surface area (Å²) in [6.45, 7) is 6.04. The van der Waals surface area contributed by atoms with E-state index in [1.165, 1.54) is 0 Å². The van der Waals surface area contributed by atoms with Crippen LogP contribution in [-0.4, -0.2) is 35.3 Å². The topological polar surface area (TPSA) is 73.2 Å². The molecule has 1 aromatic carbocycles. The second-order valence-electron chi connectivity index (χ2n) is 7.28. The Morgan fingerprint density at radius 1 is 1.33 bits per heavy atom. The molecular weight excluding hydrogens is 302 g/mol. The number of amides is 2. The SMILES string of the molecule is CC(C)(C)C(=O)N[C@@H](Cc1ccccc1)C(=O)N1CCCC1C#N. The lowest BCUT2D eigenvalue weighted by Crippen LogP contribution is -2.53. The van der Waals surface area contributed by atoms with Gasteiger partial charge in [0, 0.05) is 18.4 Å². The number of nitrogens with zero attached hydrogens (tertiary/aromatic N) is 2. The van der Waals surface area contributed by atoms with Crippen molar-refractivity contribution in [3.05, 3.63) is 35.9 Å². The van der Waals surface area contributed by atoms with E-state index in [4.69, 9.17) is 0 Å². The van der Waals surface area contributed by atoms with Gasteiger partial charge in [-0.15, -0.1) is 0 Å². The standard InChI is InChI=1S/C19H25N3O2/c1-19(2,3)18(24)21-16(12-14-8-5-4-6-9-14)17(23)22-11-7-10-15(22)13-20/h4-6,8-9,15-16H,7,10-12H2,1-3H3,(H,21,24)/t15?,16-/m0/s1. The smallest absolute Gasteiger partial charge is 0.246 e. The molecule has 0 bridgehead atoms.